The number of aliphatic hydroxyl groups excluding tert-OH is 1. The Morgan fingerprint density at radius 2 is 1.50 bits per heavy atom. The molecule has 3 rings (SSSR count). The first-order valence-corrected chi connectivity index (χ1v) is 14.2. The molecule has 7 nitrogen and oxygen atoms in total. The van der Waals surface area contributed by atoms with Crippen LogP contribution in [0.1, 0.15) is 48.0 Å². The van der Waals surface area contributed by atoms with Crippen LogP contribution in [0.4, 0.5) is 4.79 Å². The fraction of sp³-hybridized carbons (Fsp3) is 0.500. The molecule has 8 heteroatoms. The zero-order chi connectivity index (χ0) is 26.7. The van der Waals surface area contributed by atoms with Crippen molar-refractivity contribution in [3.8, 4) is 0 Å². The van der Waals surface area contributed by atoms with Crippen LogP contribution in [0.15, 0.2) is 60.7 Å². The van der Waals surface area contributed by atoms with Gasteiger partial charge >= 0.3 is 6.09 Å². The number of aliphatic hydroxyl groups is 1. The maximum Gasteiger partial charge on any atom is 0.417 e. The summed E-state index contributed by atoms with van der Waals surface area (Å²) in [6, 6.07) is 19.5. The Kier molecular flexibility index (Phi) is 8.45. The Morgan fingerprint density at radius 3 is 1.92 bits per heavy atom. The molecule has 0 aromatic heterocycles. The zero-order valence-electron chi connectivity index (χ0n) is 22.4. The highest BCUT2D eigenvalue weighted by atomic mass is 28.4. The van der Waals surface area contributed by atoms with Crippen molar-refractivity contribution in [2.45, 2.75) is 70.9 Å². The van der Waals surface area contributed by atoms with Crippen LogP contribution in [0.3, 0.4) is 0 Å². The molecule has 1 N–H and O–H groups in total. The van der Waals surface area contributed by atoms with E-state index in [0.717, 1.165) is 15.3 Å². The average molecular weight is 514 g/mol. The number of imide groups is 1. The van der Waals surface area contributed by atoms with Gasteiger partial charge in [-0.25, -0.2) is 9.69 Å². The van der Waals surface area contributed by atoms with Crippen LogP contribution in [-0.4, -0.2) is 62.0 Å². The molecule has 2 aromatic carbocycles. The monoisotopic (exact) mass is 513 g/mol. The summed E-state index contributed by atoms with van der Waals surface area (Å²) in [4.78, 5) is 27.2. The number of hydrogen-bond donors (Lipinski definition) is 1. The summed E-state index contributed by atoms with van der Waals surface area (Å²) in [5.41, 5.74) is -0.779. The van der Waals surface area contributed by atoms with E-state index < -0.39 is 44.2 Å². The zero-order valence-corrected chi connectivity index (χ0v) is 23.4. The van der Waals surface area contributed by atoms with E-state index in [4.69, 9.17) is 13.9 Å². The lowest BCUT2D eigenvalue weighted by molar-refractivity contribution is -0.128. The highest BCUT2D eigenvalue weighted by Gasteiger charge is 2.53. The van der Waals surface area contributed by atoms with Crippen molar-refractivity contribution in [2.75, 3.05) is 13.7 Å². The van der Waals surface area contributed by atoms with Gasteiger partial charge in [-0.15, -0.1) is 0 Å². The van der Waals surface area contributed by atoms with Crippen molar-refractivity contribution in [1.82, 2.24) is 4.90 Å². The minimum absolute atomic E-state index is 0.0387. The second-order valence-electron chi connectivity index (χ2n) is 11.3. The fourth-order valence-corrected chi connectivity index (χ4v) is 9.57. The molecule has 1 aliphatic rings. The van der Waals surface area contributed by atoms with Crippen molar-refractivity contribution in [3.05, 3.63) is 60.7 Å². The lowest BCUT2D eigenvalue weighted by Gasteiger charge is -2.44. The third kappa shape index (κ3) is 5.72. The molecule has 1 heterocycles. The number of rotatable bonds is 7. The highest BCUT2D eigenvalue weighted by Crippen LogP contribution is 2.38. The maximum atomic E-state index is 13.1. The van der Waals surface area contributed by atoms with Crippen LogP contribution in [-0.2, 0) is 18.7 Å². The Labute approximate surface area is 215 Å². The van der Waals surface area contributed by atoms with Crippen LogP contribution in [0.25, 0.3) is 0 Å². The third-order valence-electron chi connectivity index (χ3n) is 6.59. The van der Waals surface area contributed by atoms with Crippen LogP contribution < -0.4 is 10.4 Å². The lowest BCUT2D eigenvalue weighted by Crippen LogP contribution is -2.67. The lowest BCUT2D eigenvalue weighted by atomic mass is 10.0. The van der Waals surface area contributed by atoms with Gasteiger partial charge in [-0.05, 0) is 36.2 Å². The molecule has 0 aliphatic carbocycles. The van der Waals surface area contributed by atoms with Crippen molar-refractivity contribution in [2.24, 2.45) is 5.92 Å². The van der Waals surface area contributed by atoms with Gasteiger partial charge in [-0.2, -0.15) is 0 Å². The van der Waals surface area contributed by atoms with Crippen LogP contribution in [0.5, 0.6) is 0 Å². The SMILES string of the molecule is CO[C@@H](O)[C@H]1CC(=O)N(C(=O)OC(C)(C)C)[C@@H]1CO[Si](c1ccccc1)(c1ccccc1)C(C)(C)C. The summed E-state index contributed by atoms with van der Waals surface area (Å²) in [6.07, 6.45) is -2.01. The predicted molar refractivity (Wildman–Crippen MR) is 142 cm³/mol. The summed E-state index contributed by atoms with van der Waals surface area (Å²) in [7, 11) is -1.56. The quantitative estimate of drug-likeness (QED) is 0.449. The van der Waals surface area contributed by atoms with Crippen molar-refractivity contribution in [3.63, 3.8) is 0 Å². The second kappa shape index (κ2) is 10.8. The van der Waals surface area contributed by atoms with Gasteiger partial charge < -0.3 is 19.0 Å². The predicted octanol–water partition coefficient (Wildman–Crippen LogP) is 3.68. The van der Waals surface area contributed by atoms with E-state index in [2.05, 4.69) is 45.0 Å². The Bertz CT molecular complexity index is 992. The van der Waals surface area contributed by atoms with E-state index in [9.17, 15) is 14.7 Å². The summed E-state index contributed by atoms with van der Waals surface area (Å²) in [5.74, 6) is -1.06. The van der Waals surface area contributed by atoms with Gasteiger partial charge in [-0.1, -0.05) is 81.4 Å². The summed E-state index contributed by atoms with van der Waals surface area (Å²) in [6.45, 7) is 11.8. The fourth-order valence-electron chi connectivity index (χ4n) is 5.00. The molecule has 36 heavy (non-hydrogen) atoms. The standard InChI is InChI=1S/C28H39NO6Si/c1-27(2,3)35-26(32)29-23(22(18-24(29)30)25(31)33-7)19-34-36(28(4,5)6,20-14-10-8-11-15-20)21-16-12-9-13-17-21/h8-17,22-23,25,31H,18-19H2,1-7H3/t22-,23+,25+/m0/s1. The third-order valence-corrected chi connectivity index (χ3v) is 11.6. The first-order valence-electron chi connectivity index (χ1n) is 12.3. The van der Waals surface area contributed by atoms with E-state index in [-0.39, 0.29) is 18.1 Å². The first kappa shape index (κ1) is 28.1. The molecule has 1 fully saturated rings. The summed E-state index contributed by atoms with van der Waals surface area (Å²) < 4.78 is 17.7. The molecule has 1 aliphatic heterocycles. The number of nitrogens with zero attached hydrogens (tertiary/aromatic N) is 1. The highest BCUT2D eigenvalue weighted by molar-refractivity contribution is 6.99. The minimum Gasteiger partial charge on any atom is -0.443 e. The molecule has 0 bridgehead atoms. The number of methoxy groups -OCH3 is 1. The molecule has 196 valence electrons. The second-order valence-corrected chi connectivity index (χ2v) is 15.6. The number of carbonyl (C=O) groups excluding carboxylic acids is 2. The number of hydrogen-bond acceptors (Lipinski definition) is 6. The van der Waals surface area contributed by atoms with Gasteiger partial charge in [-0.3, -0.25) is 4.79 Å². The van der Waals surface area contributed by atoms with Gasteiger partial charge in [0.2, 0.25) is 5.91 Å². The number of carbonyl (C=O) groups is 2. The maximum absolute atomic E-state index is 13.1. The van der Waals surface area contributed by atoms with Gasteiger partial charge in [0.1, 0.15) is 5.60 Å². The molecule has 0 saturated carbocycles. The molecular weight excluding hydrogens is 474 g/mol. The van der Waals surface area contributed by atoms with E-state index in [1.807, 2.05) is 36.4 Å². The number of ether oxygens (including phenoxy) is 2. The largest absolute Gasteiger partial charge is 0.443 e. The molecule has 1 saturated heterocycles. The Hall–Kier alpha value is -2.52. The van der Waals surface area contributed by atoms with Gasteiger partial charge in [0.25, 0.3) is 8.32 Å². The molecule has 2 amide bonds. The normalized spacial score (nSPS) is 19.9. The average Bonchev–Trinajstić information content (AvgIpc) is 3.14. The first-order chi connectivity index (χ1) is 16.8. The summed E-state index contributed by atoms with van der Waals surface area (Å²) in [5, 5.41) is 12.5. The van der Waals surface area contributed by atoms with E-state index in [0.29, 0.717) is 0 Å². The smallest absolute Gasteiger partial charge is 0.417 e. The topological polar surface area (TPSA) is 85.3 Å². The van der Waals surface area contributed by atoms with E-state index >= 15 is 0 Å². The minimum atomic E-state index is -2.94. The molecule has 0 radical (unpaired) electrons. The molecule has 0 spiro atoms. The molecular formula is C28H39NO6Si. The van der Waals surface area contributed by atoms with Crippen LogP contribution in [0, 0.1) is 5.92 Å². The van der Waals surface area contributed by atoms with Crippen molar-refractivity contribution < 1.29 is 28.6 Å². The molecule has 3 atom stereocenters. The molecule has 0 unspecified atom stereocenters. The summed E-state index contributed by atoms with van der Waals surface area (Å²) >= 11 is 0. The van der Waals surface area contributed by atoms with Crippen LogP contribution in [0.2, 0.25) is 5.04 Å². The van der Waals surface area contributed by atoms with Gasteiger partial charge in [0, 0.05) is 19.4 Å². The Balaban J connectivity index is 2.08. The number of likely N-dealkylation sites (tertiary alicyclic amines) is 1. The van der Waals surface area contributed by atoms with Gasteiger partial charge in [0.15, 0.2) is 6.29 Å². The molecule has 2 aromatic rings. The Morgan fingerprint density at radius 1 is 1.00 bits per heavy atom. The number of amides is 2. The van der Waals surface area contributed by atoms with Crippen LogP contribution >= 0.6 is 0 Å². The van der Waals surface area contributed by atoms with Gasteiger partial charge in [0.05, 0.1) is 12.6 Å². The van der Waals surface area contributed by atoms with Crippen molar-refractivity contribution in [1.29, 1.82) is 0 Å². The van der Waals surface area contributed by atoms with E-state index in [1.165, 1.54) is 7.11 Å². The number of benzene rings is 2. The van der Waals surface area contributed by atoms with Crippen molar-refractivity contribution >= 4 is 30.7 Å². The van der Waals surface area contributed by atoms with E-state index in [1.54, 1.807) is 20.8 Å².